The molecule has 0 saturated heterocycles. The van der Waals surface area contributed by atoms with Crippen LogP contribution in [0.5, 0.6) is 5.75 Å². The average Bonchev–Trinajstić information content (AvgIpc) is 2.71. The van der Waals surface area contributed by atoms with E-state index in [9.17, 15) is 4.79 Å². The highest BCUT2D eigenvalue weighted by Crippen LogP contribution is 2.61. The highest BCUT2D eigenvalue weighted by molar-refractivity contribution is 5.92. The zero-order valence-corrected chi connectivity index (χ0v) is 17.5. The molecule has 4 saturated carbocycles. The van der Waals surface area contributed by atoms with Gasteiger partial charge in [0, 0.05) is 5.69 Å². The summed E-state index contributed by atoms with van der Waals surface area (Å²) in [4.78, 5) is 12.2. The molecule has 4 nitrogen and oxygen atoms in total. The summed E-state index contributed by atoms with van der Waals surface area (Å²) in [5.74, 6) is 3.29. The fraction of sp³-hybridized carbons (Fsp3) is 0.462. The lowest BCUT2D eigenvalue weighted by molar-refractivity contribution is -0.118. The highest BCUT2D eigenvalue weighted by Gasteiger charge is 2.51. The Labute approximate surface area is 178 Å². The molecular formula is C26H28N2O2. The van der Waals surface area contributed by atoms with Crippen LogP contribution in [-0.4, -0.2) is 12.5 Å². The molecule has 154 valence electrons. The Balaban J connectivity index is 1.24. The van der Waals surface area contributed by atoms with Gasteiger partial charge in [-0.2, -0.15) is 5.26 Å². The minimum atomic E-state index is -0.229. The predicted molar refractivity (Wildman–Crippen MR) is 116 cm³/mol. The van der Waals surface area contributed by atoms with Gasteiger partial charge in [0.05, 0.1) is 11.6 Å². The summed E-state index contributed by atoms with van der Waals surface area (Å²) in [6, 6.07) is 15.3. The third-order valence-electron chi connectivity index (χ3n) is 7.45. The van der Waals surface area contributed by atoms with Crippen LogP contribution in [0, 0.1) is 36.0 Å². The topological polar surface area (TPSA) is 62.1 Å². The van der Waals surface area contributed by atoms with Crippen LogP contribution < -0.4 is 10.1 Å². The maximum Gasteiger partial charge on any atom is 0.262 e. The number of hydrogen-bond acceptors (Lipinski definition) is 3. The monoisotopic (exact) mass is 400 g/mol. The van der Waals surface area contributed by atoms with E-state index in [0.29, 0.717) is 16.7 Å². The number of carbonyl (C=O) groups excluding carboxylic acids is 1. The van der Waals surface area contributed by atoms with Gasteiger partial charge in [-0.25, -0.2) is 0 Å². The lowest BCUT2D eigenvalue weighted by Crippen LogP contribution is -2.48. The molecule has 0 aliphatic heterocycles. The first kappa shape index (κ1) is 19.2. The van der Waals surface area contributed by atoms with E-state index in [2.05, 4.69) is 30.4 Å². The molecule has 0 unspecified atom stereocenters. The van der Waals surface area contributed by atoms with Crippen LogP contribution in [0.15, 0.2) is 42.5 Å². The van der Waals surface area contributed by atoms with Crippen LogP contribution in [0.3, 0.4) is 0 Å². The van der Waals surface area contributed by atoms with Crippen molar-refractivity contribution in [3.63, 3.8) is 0 Å². The highest BCUT2D eigenvalue weighted by atomic mass is 16.5. The Bertz CT molecular complexity index is 985. The van der Waals surface area contributed by atoms with Crippen LogP contribution in [0.25, 0.3) is 0 Å². The molecule has 6 rings (SSSR count). The number of hydrogen-bond donors (Lipinski definition) is 1. The molecule has 1 N–H and O–H groups in total. The number of aryl methyl sites for hydroxylation is 1. The first-order valence-electron chi connectivity index (χ1n) is 11.1. The van der Waals surface area contributed by atoms with E-state index >= 15 is 0 Å². The molecule has 4 bridgehead atoms. The molecule has 2 aromatic rings. The van der Waals surface area contributed by atoms with Gasteiger partial charge in [-0.1, -0.05) is 12.1 Å². The van der Waals surface area contributed by atoms with Crippen molar-refractivity contribution in [2.75, 3.05) is 11.9 Å². The second kappa shape index (κ2) is 7.47. The molecule has 4 fully saturated rings. The fourth-order valence-corrected chi connectivity index (χ4v) is 6.77. The molecule has 0 atom stereocenters. The number of carbonyl (C=O) groups is 1. The lowest BCUT2D eigenvalue weighted by atomic mass is 9.47. The molecule has 30 heavy (non-hydrogen) atoms. The molecule has 0 radical (unpaired) electrons. The minimum Gasteiger partial charge on any atom is -0.484 e. The molecule has 4 aliphatic carbocycles. The van der Waals surface area contributed by atoms with Crippen molar-refractivity contribution in [2.24, 2.45) is 17.8 Å². The standard InChI is InChI=1S/C26H28N2O2/c1-17-7-23(30-16-25(29)28-22-4-2-3-18(11-22)15-27)5-6-24(17)26-12-19-8-20(13-26)10-21(9-19)14-26/h2-7,11,19-21H,8-10,12-14,16H2,1H3,(H,28,29). The quantitative estimate of drug-likeness (QED) is 0.736. The molecule has 4 heteroatoms. The summed E-state index contributed by atoms with van der Waals surface area (Å²) in [5.41, 5.74) is 4.30. The van der Waals surface area contributed by atoms with E-state index in [1.807, 2.05) is 6.07 Å². The van der Waals surface area contributed by atoms with Crippen molar-refractivity contribution >= 4 is 11.6 Å². The first-order chi connectivity index (χ1) is 14.5. The fourth-order valence-electron chi connectivity index (χ4n) is 6.77. The summed E-state index contributed by atoms with van der Waals surface area (Å²) in [7, 11) is 0. The van der Waals surface area contributed by atoms with E-state index in [-0.39, 0.29) is 12.5 Å². The Kier molecular flexibility index (Phi) is 4.77. The number of ether oxygens (including phenoxy) is 1. The van der Waals surface area contributed by atoms with Crippen molar-refractivity contribution in [3.05, 3.63) is 59.2 Å². The largest absolute Gasteiger partial charge is 0.484 e. The lowest BCUT2D eigenvalue weighted by Gasteiger charge is -2.57. The summed E-state index contributed by atoms with van der Waals surface area (Å²) in [5, 5.41) is 11.8. The van der Waals surface area contributed by atoms with Gasteiger partial charge < -0.3 is 10.1 Å². The van der Waals surface area contributed by atoms with Crippen molar-refractivity contribution in [2.45, 2.75) is 50.9 Å². The van der Waals surface area contributed by atoms with Crippen molar-refractivity contribution in [1.82, 2.24) is 0 Å². The van der Waals surface area contributed by atoms with Gasteiger partial charge in [-0.05, 0) is 110 Å². The average molecular weight is 401 g/mol. The van der Waals surface area contributed by atoms with Gasteiger partial charge in [0.25, 0.3) is 5.91 Å². The SMILES string of the molecule is Cc1cc(OCC(=O)Nc2cccc(C#N)c2)ccc1C12CC3CC(CC(C3)C1)C2. The van der Waals surface area contributed by atoms with E-state index in [4.69, 9.17) is 10.00 Å². The van der Waals surface area contributed by atoms with Gasteiger partial charge in [0.15, 0.2) is 6.61 Å². The number of benzene rings is 2. The Morgan fingerprint density at radius 3 is 2.43 bits per heavy atom. The summed E-state index contributed by atoms with van der Waals surface area (Å²) in [6.07, 6.45) is 8.41. The van der Waals surface area contributed by atoms with E-state index < -0.39 is 0 Å². The van der Waals surface area contributed by atoms with Crippen molar-refractivity contribution in [3.8, 4) is 11.8 Å². The van der Waals surface area contributed by atoms with Crippen molar-refractivity contribution < 1.29 is 9.53 Å². The van der Waals surface area contributed by atoms with Crippen LogP contribution in [0.2, 0.25) is 0 Å². The van der Waals surface area contributed by atoms with Crippen LogP contribution in [0.1, 0.15) is 55.2 Å². The van der Waals surface area contributed by atoms with E-state index in [0.717, 1.165) is 23.5 Å². The molecule has 4 aliphatic rings. The first-order valence-corrected chi connectivity index (χ1v) is 11.1. The van der Waals surface area contributed by atoms with E-state index in [1.54, 1.807) is 24.3 Å². The summed E-state index contributed by atoms with van der Waals surface area (Å²) in [6.45, 7) is 2.14. The number of nitriles is 1. The smallest absolute Gasteiger partial charge is 0.262 e. The maximum absolute atomic E-state index is 12.2. The predicted octanol–water partition coefficient (Wildman–Crippen LogP) is 5.35. The van der Waals surface area contributed by atoms with Gasteiger partial charge in [-0.3, -0.25) is 4.79 Å². The molecular weight excluding hydrogens is 372 g/mol. The Morgan fingerprint density at radius 2 is 1.80 bits per heavy atom. The molecule has 2 aromatic carbocycles. The molecule has 0 aromatic heterocycles. The van der Waals surface area contributed by atoms with Gasteiger partial charge in [0.1, 0.15) is 5.75 Å². The summed E-state index contributed by atoms with van der Waals surface area (Å²) >= 11 is 0. The second-order valence-electron chi connectivity index (χ2n) is 9.70. The van der Waals surface area contributed by atoms with Gasteiger partial charge in [-0.15, -0.1) is 0 Å². The minimum absolute atomic E-state index is 0.0487. The maximum atomic E-state index is 12.2. The van der Waals surface area contributed by atoms with Crippen LogP contribution >= 0.6 is 0 Å². The number of nitrogens with zero attached hydrogens (tertiary/aromatic N) is 1. The Morgan fingerprint density at radius 1 is 1.10 bits per heavy atom. The summed E-state index contributed by atoms with van der Waals surface area (Å²) < 4.78 is 5.77. The Hall–Kier alpha value is -2.80. The second-order valence-corrected chi connectivity index (χ2v) is 9.70. The van der Waals surface area contributed by atoms with Gasteiger partial charge in [0.2, 0.25) is 0 Å². The zero-order chi connectivity index (χ0) is 20.7. The van der Waals surface area contributed by atoms with E-state index in [1.165, 1.54) is 49.7 Å². The third kappa shape index (κ3) is 3.58. The number of anilines is 1. The number of rotatable bonds is 5. The third-order valence-corrected chi connectivity index (χ3v) is 7.45. The molecule has 0 heterocycles. The van der Waals surface area contributed by atoms with Crippen LogP contribution in [0.4, 0.5) is 5.69 Å². The molecule has 0 spiro atoms. The van der Waals surface area contributed by atoms with Crippen LogP contribution in [-0.2, 0) is 10.2 Å². The number of amides is 1. The molecule has 1 amide bonds. The number of nitrogens with one attached hydrogen (secondary N) is 1. The zero-order valence-electron chi connectivity index (χ0n) is 17.5. The normalized spacial score (nSPS) is 28.7. The van der Waals surface area contributed by atoms with Gasteiger partial charge >= 0.3 is 0 Å². The van der Waals surface area contributed by atoms with Crippen molar-refractivity contribution in [1.29, 1.82) is 5.26 Å².